The number of hydrogen-bond acceptors (Lipinski definition) is 5. The predicted octanol–water partition coefficient (Wildman–Crippen LogP) is 4.23. The van der Waals surface area contributed by atoms with Gasteiger partial charge >= 0.3 is 0 Å². The van der Waals surface area contributed by atoms with Crippen LogP contribution in [0.5, 0.6) is 5.75 Å². The maximum atomic E-state index is 13.3. The van der Waals surface area contributed by atoms with E-state index in [1.54, 1.807) is 48.1 Å². The van der Waals surface area contributed by atoms with E-state index < -0.39 is 0 Å². The zero-order valence-electron chi connectivity index (χ0n) is 15.6. The highest BCUT2D eigenvalue weighted by molar-refractivity contribution is 8.18. The highest BCUT2D eigenvalue weighted by Crippen LogP contribution is 2.34. The van der Waals surface area contributed by atoms with Crippen LogP contribution in [-0.4, -0.2) is 28.7 Å². The summed E-state index contributed by atoms with van der Waals surface area (Å²) >= 11 is 7.06. The van der Waals surface area contributed by atoms with E-state index in [4.69, 9.17) is 22.1 Å². The zero-order chi connectivity index (χ0) is 20.7. The second-order valence-electron chi connectivity index (χ2n) is 6.40. The van der Waals surface area contributed by atoms with Crippen molar-refractivity contribution in [2.45, 2.75) is 6.92 Å². The molecule has 1 amide bonds. The van der Waals surface area contributed by atoms with Gasteiger partial charge in [0, 0.05) is 27.2 Å². The molecule has 6 nitrogen and oxygen atoms in total. The van der Waals surface area contributed by atoms with Gasteiger partial charge < -0.3 is 10.5 Å². The molecule has 2 heterocycles. The molecule has 1 aliphatic rings. The van der Waals surface area contributed by atoms with E-state index in [0.29, 0.717) is 32.5 Å². The van der Waals surface area contributed by atoms with E-state index in [9.17, 15) is 9.59 Å². The van der Waals surface area contributed by atoms with Crippen molar-refractivity contribution in [2.75, 3.05) is 7.11 Å². The summed E-state index contributed by atoms with van der Waals surface area (Å²) in [6.07, 6.45) is 1.72. The average molecular weight is 426 g/mol. The summed E-state index contributed by atoms with van der Waals surface area (Å²) in [7, 11) is 1.58. The van der Waals surface area contributed by atoms with Crippen LogP contribution >= 0.6 is 23.4 Å². The second-order valence-corrected chi connectivity index (χ2v) is 7.89. The minimum Gasteiger partial charge on any atom is -0.497 e. The number of fused-ring (bicyclic) bond motifs is 1. The molecule has 0 aliphatic carbocycles. The van der Waals surface area contributed by atoms with E-state index in [1.807, 2.05) is 19.1 Å². The number of halogens is 1. The fourth-order valence-corrected chi connectivity index (χ4v) is 4.06. The van der Waals surface area contributed by atoms with Gasteiger partial charge in [0.25, 0.3) is 11.8 Å². The maximum absolute atomic E-state index is 13.3. The second kappa shape index (κ2) is 7.42. The largest absolute Gasteiger partial charge is 0.497 e. The quantitative estimate of drug-likeness (QED) is 0.634. The van der Waals surface area contributed by atoms with Crippen LogP contribution in [0.4, 0.5) is 0 Å². The molecule has 0 atom stereocenters. The number of ether oxygens (including phenoxy) is 1. The summed E-state index contributed by atoms with van der Waals surface area (Å²) in [5.41, 5.74) is 8.31. The molecule has 2 aromatic carbocycles. The van der Waals surface area contributed by atoms with E-state index in [2.05, 4.69) is 4.99 Å². The molecule has 4 rings (SSSR count). The number of thioether (sulfide) groups is 1. The van der Waals surface area contributed by atoms with Crippen molar-refractivity contribution in [1.29, 1.82) is 0 Å². The highest BCUT2D eigenvalue weighted by Gasteiger charge is 2.24. The van der Waals surface area contributed by atoms with Gasteiger partial charge in [-0.15, -0.1) is 0 Å². The number of carbonyl (C=O) groups is 2. The maximum Gasteiger partial charge on any atom is 0.286 e. The Kier molecular flexibility index (Phi) is 4.94. The van der Waals surface area contributed by atoms with Crippen LogP contribution < -0.4 is 10.5 Å². The molecule has 1 aliphatic heterocycles. The summed E-state index contributed by atoms with van der Waals surface area (Å²) < 4.78 is 6.97. The van der Waals surface area contributed by atoms with Gasteiger partial charge in [0.05, 0.1) is 17.5 Å². The van der Waals surface area contributed by atoms with Crippen molar-refractivity contribution in [3.8, 4) is 5.75 Å². The van der Waals surface area contributed by atoms with Crippen molar-refractivity contribution in [1.82, 2.24) is 4.57 Å². The number of nitrogens with two attached hydrogens (primary N) is 1. The van der Waals surface area contributed by atoms with Gasteiger partial charge in [-0.3, -0.25) is 14.2 Å². The van der Waals surface area contributed by atoms with Crippen LogP contribution in [0.25, 0.3) is 17.0 Å². The Labute approximate surface area is 176 Å². The van der Waals surface area contributed by atoms with Crippen LogP contribution in [-0.2, 0) is 4.79 Å². The van der Waals surface area contributed by atoms with Crippen molar-refractivity contribution in [3.05, 3.63) is 69.2 Å². The lowest BCUT2D eigenvalue weighted by Gasteiger charge is -2.08. The Balaban J connectivity index is 1.93. The molecule has 0 saturated carbocycles. The van der Waals surface area contributed by atoms with Gasteiger partial charge in [0.15, 0.2) is 5.17 Å². The summed E-state index contributed by atoms with van der Waals surface area (Å²) in [6, 6.07) is 12.2. The minimum atomic E-state index is -0.389. The first-order chi connectivity index (χ1) is 13.9. The van der Waals surface area contributed by atoms with Crippen LogP contribution in [0.15, 0.2) is 52.4 Å². The monoisotopic (exact) mass is 425 g/mol. The number of methoxy groups -OCH3 is 1. The fourth-order valence-electron chi connectivity index (χ4n) is 3.27. The SMILES string of the molecule is COc1ccc2c(c1)c(C=C1SC(N)=NC1=O)c(C)n2C(=O)c1ccc(Cl)cc1. The number of carbonyl (C=O) groups excluding carboxylic acids is 2. The molecule has 0 unspecified atom stereocenters. The van der Waals surface area contributed by atoms with E-state index in [1.165, 1.54) is 0 Å². The molecule has 146 valence electrons. The average Bonchev–Trinajstić information content (AvgIpc) is 3.17. The number of nitrogens with zero attached hydrogens (tertiary/aromatic N) is 2. The smallest absolute Gasteiger partial charge is 0.286 e. The molecule has 3 aromatic rings. The van der Waals surface area contributed by atoms with Gasteiger partial charge in [-0.2, -0.15) is 4.99 Å². The van der Waals surface area contributed by atoms with Crippen molar-refractivity contribution in [3.63, 3.8) is 0 Å². The van der Waals surface area contributed by atoms with Gasteiger partial charge in [-0.05, 0) is 67.2 Å². The van der Waals surface area contributed by atoms with E-state index in [0.717, 1.165) is 22.7 Å². The summed E-state index contributed by atoms with van der Waals surface area (Å²) in [5.74, 6) is 0.0641. The van der Waals surface area contributed by atoms with Gasteiger partial charge in [-0.1, -0.05) is 11.6 Å². The first-order valence-corrected chi connectivity index (χ1v) is 9.86. The molecule has 0 radical (unpaired) electrons. The Hall–Kier alpha value is -3.03. The van der Waals surface area contributed by atoms with Crippen LogP contribution in [0, 0.1) is 6.92 Å². The third-order valence-corrected chi connectivity index (χ3v) is 5.73. The lowest BCUT2D eigenvalue weighted by atomic mass is 10.1. The molecule has 1 aromatic heterocycles. The highest BCUT2D eigenvalue weighted by atomic mass is 35.5. The molecule has 8 heteroatoms. The standard InChI is InChI=1S/C21H16ClN3O3S/c1-11-15(10-18-19(26)24-21(23)29-18)16-9-14(28-2)7-8-17(16)25(11)20(27)12-3-5-13(22)6-4-12/h3-10H,1-2H3,(H2,23,24,26). The van der Waals surface area contributed by atoms with Crippen LogP contribution in [0.3, 0.4) is 0 Å². The molecule has 29 heavy (non-hydrogen) atoms. The number of amidine groups is 1. The van der Waals surface area contributed by atoms with Gasteiger partial charge in [-0.25, -0.2) is 0 Å². The molecule has 0 fully saturated rings. The van der Waals surface area contributed by atoms with Crippen LogP contribution in [0.1, 0.15) is 21.6 Å². The Morgan fingerprint density at radius 3 is 2.59 bits per heavy atom. The number of amides is 1. The Morgan fingerprint density at radius 2 is 1.97 bits per heavy atom. The van der Waals surface area contributed by atoms with Gasteiger partial charge in [0.1, 0.15) is 5.75 Å². The fraction of sp³-hybridized carbons (Fsp3) is 0.0952. The molecule has 2 N–H and O–H groups in total. The zero-order valence-corrected chi connectivity index (χ0v) is 17.2. The number of benzene rings is 2. The summed E-state index contributed by atoms with van der Waals surface area (Å²) in [6.45, 7) is 1.83. The third kappa shape index (κ3) is 3.43. The number of aromatic nitrogens is 1. The lowest BCUT2D eigenvalue weighted by Crippen LogP contribution is -2.13. The first kappa shape index (κ1) is 19.3. The number of aliphatic imine (C=N–C) groups is 1. The first-order valence-electron chi connectivity index (χ1n) is 8.66. The third-order valence-electron chi connectivity index (χ3n) is 4.67. The Bertz CT molecular complexity index is 1230. The number of rotatable bonds is 3. The summed E-state index contributed by atoms with van der Waals surface area (Å²) in [5, 5.41) is 1.55. The molecule has 0 bridgehead atoms. The van der Waals surface area contributed by atoms with E-state index in [-0.39, 0.29) is 17.0 Å². The molecule has 0 saturated heterocycles. The number of hydrogen-bond donors (Lipinski definition) is 1. The summed E-state index contributed by atoms with van der Waals surface area (Å²) in [4.78, 5) is 29.5. The van der Waals surface area contributed by atoms with E-state index >= 15 is 0 Å². The molecular formula is C21H16ClN3O3S. The topological polar surface area (TPSA) is 86.7 Å². The molecular weight excluding hydrogens is 410 g/mol. The predicted molar refractivity (Wildman–Crippen MR) is 117 cm³/mol. The van der Waals surface area contributed by atoms with Crippen molar-refractivity contribution in [2.24, 2.45) is 10.7 Å². The normalized spacial score (nSPS) is 15.2. The minimum absolute atomic E-state index is 0.194. The van der Waals surface area contributed by atoms with Crippen molar-refractivity contribution >= 4 is 57.3 Å². The molecule has 0 spiro atoms. The lowest BCUT2D eigenvalue weighted by molar-refractivity contribution is -0.113. The van der Waals surface area contributed by atoms with Crippen molar-refractivity contribution < 1.29 is 14.3 Å². The van der Waals surface area contributed by atoms with Gasteiger partial charge in [0.2, 0.25) is 0 Å². The Morgan fingerprint density at radius 1 is 1.24 bits per heavy atom. The van der Waals surface area contributed by atoms with Crippen LogP contribution in [0.2, 0.25) is 5.02 Å².